The van der Waals surface area contributed by atoms with E-state index in [9.17, 15) is 9.59 Å². The molecule has 0 aromatic rings. The largest absolute Gasteiger partial charge is 0.494 e. The Morgan fingerprint density at radius 2 is 2.00 bits per heavy atom. The van der Waals surface area contributed by atoms with E-state index in [1.807, 2.05) is 27.7 Å². The molecule has 0 radical (unpaired) electrons. The molecule has 8 heteroatoms. The highest BCUT2D eigenvalue weighted by Gasteiger charge is 2.03. The fourth-order valence-electron chi connectivity index (χ4n) is 1.79. The van der Waals surface area contributed by atoms with E-state index in [-0.39, 0.29) is 12.6 Å². The maximum Gasteiger partial charge on any atom is 0.252 e. The fraction of sp³-hybridized carbons (Fsp3) is 0.522. The molecule has 0 aliphatic rings. The van der Waals surface area contributed by atoms with Gasteiger partial charge in [-0.2, -0.15) is 0 Å². The van der Waals surface area contributed by atoms with Gasteiger partial charge >= 0.3 is 0 Å². The molecule has 0 saturated carbocycles. The average Bonchev–Trinajstić information content (AvgIpc) is 2.81. The molecule has 0 unspecified atom stereocenters. The number of ether oxygens (including phenoxy) is 1. The molecule has 0 bridgehead atoms. The van der Waals surface area contributed by atoms with Crippen LogP contribution in [0, 0.1) is 0 Å². The average molecular weight is 458 g/mol. The van der Waals surface area contributed by atoms with E-state index in [2.05, 4.69) is 16.9 Å². The standard InChI is InChI=1S/C12H18ClNO2.C9H16N2O2.C2H6/c1-3-12(7-5-8-13)16-10-6-9-14(4-2)11-15;1-3-5-11-9(13)8(4-2)6-10-7-12;1-2/h3,5,7-8,11H,1,4,6,9-10H2,2H3;4,6,12H,3,5,7H2,1-2H3,(H,11,13);1-2H3/b8-5+,12-7+;8-4+,10-6-;. The number of hydrogen-bond donors (Lipinski definition) is 2. The second kappa shape index (κ2) is 27.6. The first-order valence-electron chi connectivity index (χ1n) is 10.5. The third kappa shape index (κ3) is 22.1. The van der Waals surface area contributed by atoms with E-state index in [1.165, 1.54) is 11.7 Å². The van der Waals surface area contributed by atoms with Crippen LogP contribution in [0.1, 0.15) is 47.5 Å². The van der Waals surface area contributed by atoms with Crippen molar-refractivity contribution in [1.29, 1.82) is 0 Å². The highest BCUT2D eigenvalue weighted by molar-refractivity contribution is 6.25. The van der Waals surface area contributed by atoms with Gasteiger partial charge in [0.2, 0.25) is 6.41 Å². The van der Waals surface area contributed by atoms with E-state index in [0.717, 1.165) is 25.8 Å². The lowest BCUT2D eigenvalue weighted by Gasteiger charge is -2.14. The lowest BCUT2D eigenvalue weighted by molar-refractivity contribution is -0.118. The summed E-state index contributed by atoms with van der Waals surface area (Å²) in [6.07, 6.45) is 10.6. The minimum Gasteiger partial charge on any atom is -0.494 e. The van der Waals surface area contributed by atoms with Crippen molar-refractivity contribution in [3.8, 4) is 0 Å². The van der Waals surface area contributed by atoms with Gasteiger partial charge in [0.1, 0.15) is 12.5 Å². The van der Waals surface area contributed by atoms with E-state index >= 15 is 0 Å². The Bertz CT molecular complexity index is 573. The second-order valence-electron chi connectivity index (χ2n) is 5.48. The van der Waals surface area contributed by atoms with Gasteiger partial charge in [0.25, 0.3) is 5.91 Å². The SMILES string of the molecule is C/C=C(\C=N/CO)C(=O)NCCC.C=C/C(=C\C=C\Cl)OCCCN(C=O)CC.CC. The summed E-state index contributed by atoms with van der Waals surface area (Å²) in [5.74, 6) is 0.521. The summed E-state index contributed by atoms with van der Waals surface area (Å²) in [6, 6.07) is 0. The van der Waals surface area contributed by atoms with Crippen LogP contribution < -0.4 is 5.32 Å². The molecule has 0 aliphatic carbocycles. The Kier molecular flexibility index (Phi) is 29.6. The van der Waals surface area contributed by atoms with Gasteiger partial charge in [-0.15, -0.1) is 0 Å². The highest BCUT2D eigenvalue weighted by Crippen LogP contribution is 2.01. The minimum absolute atomic E-state index is 0.151. The van der Waals surface area contributed by atoms with Crippen LogP contribution in [0.4, 0.5) is 0 Å². The second-order valence-corrected chi connectivity index (χ2v) is 5.73. The van der Waals surface area contributed by atoms with Crippen LogP contribution >= 0.6 is 11.6 Å². The molecule has 178 valence electrons. The number of nitrogens with one attached hydrogen (secondary N) is 1. The first-order valence-corrected chi connectivity index (χ1v) is 10.9. The fourth-order valence-corrected chi connectivity index (χ4v) is 1.87. The topological polar surface area (TPSA) is 91.2 Å². The van der Waals surface area contributed by atoms with Crippen LogP contribution in [0.5, 0.6) is 0 Å². The number of aliphatic hydroxyl groups is 1. The molecule has 7 nitrogen and oxygen atoms in total. The molecule has 31 heavy (non-hydrogen) atoms. The highest BCUT2D eigenvalue weighted by atomic mass is 35.5. The summed E-state index contributed by atoms with van der Waals surface area (Å²) in [7, 11) is 0. The van der Waals surface area contributed by atoms with E-state index < -0.39 is 0 Å². The molecule has 0 saturated heterocycles. The molecule has 0 heterocycles. The molecule has 0 spiro atoms. The predicted octanol–water partition coefficient (Wildman–Crippen LogP) is 4.20. The van der Waals surface area contributed by atoms with Crippen LogP contribution in [0.25, 0.3) is 0 Å². The Morgan fingerprint density at radius 1 is 1.32 bits per heavy atom. The van der Waals surface area contributed by atoms with Crippen molar-refractivity contribution in [2.45, 2.75) is 47.5 Å². The molecule has 0 atom stereocenters. The third-order valence-corrected chi connectivity index (χ3v) is 3.51. The zero-order valence-corrected chi connectivity index (χ0v) is 20.4. The van der Waals surface area contributed by atoms with Gasteiger partial charge in [-0.05, 0) is 44.9 Å². The van der Waals surface area contributed by atoms with E-state index in [4.69, 9.17) is 21.4 Å². The van der Waals surface area contributed by atoms with Crippen molar-refractivity contribution in [3.63, 3.8) is 0 Å². The Balaban J connectivity index is -0.000000476. The summed E-state index contributed by atoms with van der Waals surface area (Å²) < 4.78 is 5.42. The summed E-state index contributed by atoms with van der Waals surface area (Å²) in [5, 5.41) is 11.1. The number of hydrogen-bond acceptors (Lipinski definition) is 5. The molecule has 0 fully saturated rings. The van der Waals surface area contributed by atoms with Gasteiger partial charge in [0.15, 0.2) is 0 Å². The number of amides is 2. The van der Waals surface area contributed by atoms with Crippen molar-refractivity contribution in [2.75, 3.05) is 33.0 Å². The smallest absolute Gasteiger partial charge is 0.252 e. The molecular weight excluding hydrogens is 418 g/mol. The number of aliphatic imine (C=N–C) groups is 1. The maximum atomic E-state index is 11.3. The Labute approximate surface area is 193 Å². The summed E-state index contributed by atoms with van der Waals surface area (Å²) in [6.45, 7) is 15.6. The predicted molar refractivity (Wildman–Crippen MR) is 131 cm³/mol. The maximum absolute atomic E-state index is 11.3. The molecule has 0 rings (SSSR count). The number of carbonyl (C=O) groups excluding carboxylic acids is 2. The molecule has 0 aromatic carbocycles. The van der Waals surface area contributed by atoms with Crippen LogP contribution in [0.15, 0.2) is 52.7 Å². The van der Waals surface area contributed by atoms with Crippen molar-refractivity contribution in [3.05, 3.63) is 47.8 Å². The molecular formula is C23H40ClN3O4. The summed E-state index contributed by atoms with van der Waals surface area (Å²) >= 11 is 5.38. The van der Waals surface area contributed by atoms with Crippen molar-refractivity contribution >= 4 is 30.1 Å². The van der Waals surface area contributed by atoms with Crippen LogP contribution in [0.2, 0.25) is 0 Å². The van der Waals surface area contributed by atoms with Crippen molar-refractivity contribution in [2.24, 2.45) is 4.99 Å². The number of aliphatic hydroxyl groups excluding tert-OH is 1. The number of nitrogens with zero attached hydrogens (tertiary/aromatic N) is 2. The van der Waals surface area contributed by atoms with Crippen LogP contribution in [0.3, 0.4) is 0 Å². The zero-order chi connectivity index (χ0) is 24.3. The Morgan fingerprint density at radius 3 is 2.45 bits per heavy atom. The molecule has 0 aliphatic heterocycles. The van der Waals surface area contributed by atoms with Gasteiger partial charge in [-0.3, -0.25) is 14.6 Å². The third-order valence-electron chi connectivity index (χ3n) is 3.37. The summed E-state index contributed by atoms with van der Waals surface area (Å²) in [5.41, 5.74) is 1.88. The van der Waals surface area contributed by atoms with Gasteiger partial charge in [0.05, 0.1) is 12.2 Å². The lowest BCUT2D eigenvalue weighted by atomic mass is 10.2. The summed E-state index contributed by atoms with van der Waals surface area (Å²) in [4.78, 5) is 27.0. The van der Waals surface area contributed by atoms with Gasteiger partial charge in [-0.25, -0.2) is 0 Å². The minimum atomic E-state index is -0.293. The number of rotatable bonds is 14. The quantitative estimate of drug-likeness (QED) is 0.102. The van der Waals surface area contributed by atoms with Crippen LogP contribution in [-0.2, 0) is 14.3 Å². The van der Waals surface area contributed by atoms with E-state index in [1.54, 1.807) is 36.1 Å². The normalized spacial score (nSPS) is 11.2. The molecule has 2 N–H and O–H groups in total. The first kappa shape index (κ1) is 33.3. The monoisotopic (exact) mass is 457 g/mol. The first-order chi connectivity index (χ1) is 15.0. The number of halogens is 1. The Hall–Kier alpha value is -2.38. The van der Waals surface area contributed by atoms with Gasteiger partial charge in [0, 0.05) is 31.4 Å². The number of carbonyl (C=O) groups is 2. The van der Waals surface area contributed by atoms with Gasteiger partial charge < -0.3 is 20.1 Å². The zero-order valence-electron chi connectivity index (χ0n) is 19.6. The lowest BCUT2D eigenvalue weighted by Crippen LogP contribution is -2.26. The van der Waals surface area contributed by atoms with E-state index in [0.29, 0.717) is 31.0 Å². The van der Waals surface area contributed by atoms with Crippen molar-refractivity contribution in [1.82, 2.24) is 10.2 Å². The molecule has 2 amide bonds. The number of allylic oxidation sites excluding steroid dienone is 4. The van der Waals surface area contributed by atoms with Gasteiger partial charge in [-0.1, -0.05) is 45.0 Å². The van der Waals surface area contributed by atoms with Crippen molar-refractivity contribution < 1.29 is 19.4 Å². The molecule has 0 aromatic heterocycles. The van der Waals surface area contributed by atoms with Crippen LogP contribution in [-0.4, -0.2) is 61.5 Å².